The quantitative estimate of drug-likeness (QED) is 0.679. The molecule has 0 amide bonds. The van der Waals surface area contributed by atoms with Crippen LogP contribution in [-0.4, -0.2) is 77.8 Å². The first-order valence-corrected chi connectivity index (χ1v) is 11.9. The Morgan fingerprint density at radius 1 is 0.786 bits per heavy atom. The monoisotopic (exact) mass is 395 g/mol. The highest BCUT2D eigenvalue weighted by molar-refractivity contribution is 4.94. The van der Waals surface area contributed by atoms with Gasteiger partial charge in [-0.05, 0) is 96.8 Å². The van der Waals surface area contributed by atoms with Gasteiger partial charge < -0.3 is 9.80 Å². The van der Waals surface area contributed by atoms with Crippen LogP contribution in [0.2, 0.25) is 0 Å². The van der Waals surface area contributed by atoms with Crippen LogP contribution in [0.1, 0.15) is 80.1 Å². The number of alkyl halides is 1. The molecule has 3 aliphatic heterocycles. The maximum absolute atomic E-state index is 15.4. The van der Waals surface area contributed by atoms with E-state index in [4.69, 9.17) is 0 Å². The molecule has 0 aromatic carbocycles. The molecule has 0 aromatic rings. The molecule has 3 nitrogen and oxygen atoms in total. The lowest BCUT2D eigenvalue weighted by Gasteiger charge is -2.47. The number of piperidine rings is 3. The van der Waals surface area contributed by atoms with Crippen molar-refractivity contribution in [2.24, 2.45) is 11.3 Å². The normalized spacial score (nSPS) is 28.0. The van der Waals surface area contributed by atoms with Gasteiger partial charge in [0, 0.05) is 31.2 Å². The van der Waals surface area contributed by atoms with E-state index in [2.05, 4.69) is 56.2 Å². The van der Waals surface area contributed by atoms with Crippen LogP contribution in [0.5, 0.6) is 0 Å². The first-order valence-electron chi connectivity index (χ1n) is 11.9. The Hall–Kier alpha value is -0.190. The van der Waals surface area contributed by atoms with Gasteiger partial charge in [0.2, 0.25) is 0 Å². The summed E-state index contributed by atoms with van der Waals surface area (Å²) >= 11 is 0. The summed E-state index contributed by atoms with van der Waals surface area (Å²) in [4.78, 5) is 7.61. The average Bonchev–Trinajstić information content (AvgIpc) is 2.61. The van der Waals surface area contributed by atoms with Crippen LogP contribution in [0.25, 0.3) is 0 Å². The zero-order valence-electron chi connectivity index (χ0n) is 19.6. The van der Waals surface area contributed by atoms with Crippen LogP contribution in [0, 0.1) is 11.3 Å². The molecule has 164 valence electrons. The van der Waals surface area contributed by atoms with Crippen molar-refractivity contribution in [3.05, 3.63) is 0 Å². The van der Waals surface area contributed by atoms with Crippen LogP contribution in [0.4, 0.5) is 4.39 Å². The fourth-order valence-corrected chi connectivity index (χ4v) is 5.71. The van der Waals surface area contributed by atoms with Crippen molar-refractivity contribution in [1.29, 1.82) is 0 Å². The van der Waals surface area contributed by atoms with Gasteiger partial charge in [0.1, 0.15) is 5.67 Å². The zero-order chi connectivity index (χ0) is 20.6. The minimum absolute atomic E-state index is 0.167. The summed E-state index contributed by atoms with van der Waals surface area (Å²) in [5.74, 6) is 0.870. The van der Waals surface area contributed by atoms with E-state index in [1.54, 1.807) is 0 Å². The minimum Gasteiger partial charge on any atom is -0.300 e. The van der Waals surface area contributed by atoms with Crippen molar-refractivity contribution in [3.63, 3.8) is 0 Å². The highest BCUT2D eigenvalue weighted by Gasteiger charge is 2.40. The first kappa shape index (κ1) is 22.5. The van der Waals surface area contributed by atoms with Crippen LogP contribution in [0.15, 0.2) is 0 Å². The maximum Gasteiger partial charge on any atom is 0.126 e. The van der Waals surface area contributed by atoms with Gasteiger partial charge in [-0.2, -0.15) is 0 Å². The summed E-state index contributed by atoms with van der Waals surface area (Å²) in [6.45, 7) is 21.1. The van der Waals surface area contributed by atoms with Gasteiger partial charge in [0.25, 0.3) is 0 Å². The fraction of sp³-hybridized carbons (Fsp3) is 1.00. The molecule has 28 heavy (non-hydrogen) atoms. The largest absolute Gasteiger partial charge is 0.300 e. The molecule has 0 spiro atoms. The van der Waals surface area contributed by atoms with E-state index < -0.39 is 5.67 Å². The van der Waals surface area contributed by atoms with E-state index >= 15 is 4.39 Å². The third kappa shape index (κ3) is 5.70. The van der Waals surface area contributed by atoms with Gasteiger partial charge in [0.15, 0.2) is 0 Å². The summed E-state index contributed by atoms with van der Waals surface area (Å²) in [7, 11) is 0. The molecule has 3 saturated heterocycles. The second-order valence-corrected chi connectivity index (χ2v) is 12.0. The van der Waals surface area contributed by atoms with E-state index in [0.717, 1.165) is 38.1 Å². The minimum atomic E-state index is -0.973. The molecular formula is C24H46FN3. The third-order valence-electron chi connectivity index (χ3n) is 7.94. The molecule has 0 atom stereocenters. The molecule has 3 rings (SSSR count). The van der Waals surface area contributed by atoms with Crippen LogP contribution >= 0.6 is 0 Å². The van der Waals surface area contributed by atoms with E-state index in [-0.39, 0.29) is 5.54 Å². The molecule has 4 heteroatoms. The summed E-state index contributed by atoms with van der Waals surface area (Å²) in [5, 5.41) is 0. The van der Waals surface area contributed by atoms with Crippen molar-refractivity contribution in [2.45, 2.75) is 97.3 Å². The van der Waals surface area contributed by atoms with Gasteiger partial charge in [-0.1, -0.05) is 20.8 Å². The molecule has 3 aliphatic rings. The van der Waals surface area contributed by atoms with Gasteiger partial charge in [0.05, 0.1) is 0 Å². The summed E-state index contributed by atoms with van der Waals surface area (Å²) < 4.78 is 15.4. The summed E-state index contributed by atoms with van der Waals surface area (Å²) in [6, 6.07) is 0.732. The summed E-state index contributed by atoms with van der Waals surface area (Å²) in [5.41, 5.74) is -0.354. The van der Waals surface area contributed by atoms with Crippen molar-refractivity contribution >= 4 is 0 Å². The maximum atomic E-state index is 15.4. The topological polar surface area (TPSA) is 9.72 Å². The molecule has 0 aliphatic carbocycles. The Morgan fingerprint density at radius 2 is 1.32 bits per heavy atom. The number of rotatable bonds is 3. The van der Waals surface area contributed by atoms with Crippen molar-refractivity contribution in [1.82, 2.24) is 14.7 Å². The number of hydrogen-bond acceptors (Lipinski definition) is 3. The fourth-order valence-electron chi connectivity index (χ4n) is 5.71. The first-order chi connectivity index (χ1) is 13.0. The molecule has 0 bridgehead atoms. The second-order valence-electron chi connectivity index (χ2n) is 12.0. The summed E-state index contributed by atoms with van der Waals surface area (Å²) in [6.07, 6.45) is 6.55. The Labute approximate surface area is 174 Å². The zero-order valence-corrected chi connectivity index (χ0v) is 19.6. The van der Waals surface area contributed by atoms with Gasteiger partial charge in [-0.15, -0.1) is 0 Å². The lowest BCUT2D eigenvalue weighted by molar-refractivity contribution is -0.0154. The second kappa shape index (κ2) is 8.51. The smallest absolute Gasteiger partial charge is 0.126 e. The molecule has 0 radical (unpaired) electrons. The van der Waals surface area contributed by atoms with Crippen LogP contribution < -0.4 is 0 Å². The van der Waals surface area contributed by atoms with Crippen molar-refractivity contribution < 1.29 is 4.39 Å². The molecule has 0 saturated carbocycles. The molecule has 3 fully saturated rings. The third-order valence-corrected chi connectivity index (χ3v) is 7.94. The molecular weight excluding hydrogens is 349 g/mol. The Kier molecular flexibility index (Phi) is 6.84. The Morgan fingerprint density at radius 3 is 1.79 bits per heavy atom. The van der Waals surface area contributed by atoms with Crippen LogP contribution in [0.3, 0.4) is 0 Å². The predicted octanol–water partition coefficient (Wildman–Crippen LogP) is 4.81. The lowest BCUT2D eigenvalue weighted by Crippen LogP contribution is -2.55. The number of halogens is 1. The van der Waals surface area contributed by atoms with Gasteiger partial charge in [-0.25, -0.2) is 4.39 Å². The number of nitrogens with zero attached hydrogens (tertiary/aromatic N) is 3. The number of hydrogen-bond donors (Lipinski definition) is 0. The molecule has 3 heterocycles. The number of likely N-dealkylation sites (tertiary alicyclic amines) is 3. The van der Waals surface area contributed by atoms with E-state index in [9.17, 15) is 0 Å². The standard InChI is InChI=1S/C24H46FN3/c1-22(2,3)20-7-15-27(16-8-20)21-9-13-26(14-10-21)19-24(25)11-17-28(18-12-24)23(4,5)6/h20-21H,7-19H2,1-6H3. The van der Waals surface area contributed by atoms with Crippen molar-refractivity contribution in [2.75, 3.05) is 45.8 Å². The van der Waals surface area contributed by atoms with Crippen molar-refractivity contribution in [3.8, 4) is 0 Å². The van der Waals surface area contributed by atoms with Gasteiger partial charge >= 0.3 is 0 Å². The highest BCUT2D eigenvalue weighted by atomic mass is 19.1. The van der Waals surface area contributed by atoms with Gasteiger partial charge in [-0.3, -0.25) is 4.90 Å². The SMILES string of the molecule is CC(C)(C)C1CCN(C2CCN(CC3(F)CCN(C(C)(C)C)CC3)CC2)CC1. The molecule has 0 aromatic heterocycles. The molecule has 0 unspecified atom stereocenters. The lowest BCUT2D eigenvalue weighted by atomic mass is 9.75. The van der Waals surface area contributed by atoms with E-state index in [1.807, 2.05) is 0 Å². The van der Waals surface area contributed by atoms with E-state index in [1.165, 1.54) is 38.8 Å². The Balaban J connectivity index is 1.40. The van der Waals surface area contributed by atoms with E-state index in [0.29, 0.717) is 24.8 Å². The molecule has 0 N–H and O–H groups in total. The average molecular weight is 396 g/mol. The predicted molar refractivity (Wildman–Crippen MR) is 118 cm³/mol. The highest BCUT2D eigenvalue weighted by Crippen LogP contribution is 2.36. The van der Waals surface area contributed by atoms with Crippen LogP contribution in [-0.2, 0) is 0 Å². The Bertz CT molecular complexity index is 483.